The molecule has 0 fully saturated rings. The number of alkyl halides is 1. The molecule has 0 saturated heterocycles. The van der Waals surface area contributed by atoms with E-state index in [1.165, 1.54) is 0 Å². The topological polar surface area (TPSA) is 28.7 Å². The van der Waals surface area contributed by atoms with Crippen molar-refractivity contribution in [2.45, 2.75) is 19.2 Å². The van der Waals surface area contributed by atoms with Crippen molar-refractivity contribution in [1.29, 1.82) is 0 Å². The summed E-state index contributed by atoms with van der Waals surface area (Å²) in [6.45, 7) is 2.10. The fourth-order valence-electron chi connectivity index (χ4n) is 1.48. The number of nitrogens with one attached hydrogen (secondary N) is 1. The highest BCUT2D eigenvalue weighted by Gasteiger charge is 2.12. The van der Waals surface area contributed by atoms with Crippen LogP contribution in [0.3, 0.4) is 0 Å². The third-order valence-corrected chi connectivity index (χ3v) is 3.19. The lowest BCUT2D eigenvalue weighted by Gasteiger charge is -1.97. The maximum atomic E-state index is 5.92. The van der Waals surface area contributed by atoms with E-state index in [0.29, 0.717) is 5.88 Å². The average molecular weight is 227 g/mol. The first-order valence-corrected chi connectivity index (χ1v) is 5.99. The molecular formula is C10H11ClN2S. The highest BCUT2D eigenvalue weighted by atomic mass is 35.5. The van der Waals surface area contributed by atoms with E-state index < -0.39 is 0 Å². The van der Waals surface area contributed by atoms with Crippen LogP contribution in [0.1, 0.15) is 18.2 Å². The van der Waals surface area contributed by atoms with Crippen LogP contribution in [0.4, 0.5) is 0 Å². The van der Waals surface area contributed by atoms with E-state index in [4.69, 9.17) is 11.6 Å². The molecule has 74 valence electrons. The van der Waals surface area contributed by atoms with E-state index in [9.17, 15) is 0 Å². The lowest BCUT2D eigenvalue weighted by atomic mass is 10.1. The van der Waals surface area contributed by atoms with Crippen LogP contribution in [0.15, 0.2) is 16.8 Å². The monoisotopic (exact) mass is 226 g/mol. The largest absolute Gasteiger partial charge is 0.282 e. The summed E-state index contributed by atoms with van der Waals surface area (Å²) in [5.41, 5.74) is 4.42. The van der Waals surface area contributed by atoms with Gasteiger partial charge in [-0.15, -0.1) is 11.6 Å². The summed E-state index contributed by atoms with van der Waals surface area (Å²) < 4.78 is 0. The maximum absolute atomic E-state index is 5.92. The molecule has 0 aromatic carbocycles. The summed E-state index contributed by atoms with van der Waals surface area (Å²) >= 11 is 7.59. The summed E-state index contributed by atoms with van der Waals surface area (Å²) in [4.78, 5) is 0. The van der Waals surface area contributed by atoms with Gasteiger partial charge in [0.2, 0.25) is 0 Å². The van der Waals surface area contributed by atoms with Gasteiger partial charge in [-0.05, 0) is 17.9 Å². The first kappa shape index (κ1) is 9.74. The average Bonchev–Trinajstić information content (AvgIpc) is 2.85. The minimum atomic E-state index is 0.519. The van der Waals surface area contributed by atoms with E-state index in [1.54, 1.807) is 11.3 Å². The second-order valence-electron chi connectivity index (χ2n) is 3.03. The zero-order chi connectivity index (χ0) is 9.97. The zero-order valence-corrected chi connectivity index (χ0v) is 9.45. The lowest BCUT2D eigenvalue weighted by Crippen LogP contribution is -1.86. The van der Waals surface area contributed by atoms with Gasteiger partial charge in [-0.3, -0.25) is 5.10 Å². The molecule has 2 aromatic rings. The molecule has 0 aliphatic carbocycles. The van der Waals surface area contributed by atoms with Crippen LogP contribution in [0.2, 0.25) is 0 Å². The van der Waals surface area contributed by atoms with E-state index >= 15 is 0 Å². The third-order valence-electron chi connectivity index (χ3n) is 2.23. The number of hydrogen-bond acceptors (Lipinski definition) is 2. The Labute approximate surface area is 91.9 Å². The molecule has 0 amide bonds. The Morgan fingerprint density at radius 2 is 2.43 bits per heavy atom. The predicted molar refractivity (Wildman–Crippen MR) is 60.8 cm³/mol. The first-order valence-electron chi connectivity index (χ1n) is 4.51. The van der Waals surface area contributed by atoms with Crippen LogP contribution in [-0.4, -0.2) is 10.2 Å². The van der Waals surface area contributed by atoms with Crippen molar-refractivity contribution < 1.29 is 0 Å². The molecule has 2 heterocycles. The molecule has 0 atom stereocenters. The fraction of sp³-hybridized carbons (Fsp3) is 0.300. The van der Waals surface area contributed by atoms with Crippen molar-refractivity contribution in [2.24, 2.45) is 0 Å². The summed E-state index contributed by atoms with van der Waals surface area (Å²) in [6, 6.07) is 2.07. The number of thiophene rings is 1. The van der Waals surface area contributed by atoms with E-state index in [-0.39, 0.29) is 0 Å². The first-order chi connectivity index (χ1) is 6.86. The minimum absolute atomic E-state index is 0.519. The van der Waals surface area contributed by atoms with Gasteiger partial charge in [-0.25, -0.2) is 0 Å². The number of aromatic amines is 1. The van der Waals surface area contributed by atoms with Crippen LogP contribution in [0, 0.1) is 0 Å². The summed E-state index contributed by atoms with van der Waals surface area (Å²) in [7, 11) is 0. The lowest BCUT2D eigenvalue weighted by molar-refractivity contribution is 0.968. The van der Waals surface area contributed by atoms with Crippen molar-refractivity contribution >= 4 is 22.9 Å². The zero-order valence-electron chi connectivity index (χ0n) is 7.88. The van der Waals surface area contributed by atoms with E-state index in [2.05, 4.69) is 28.6 Å². The van der Waals surface area contributed by atoms with Crippen molar-refractivity contribution in [2.75, 3.05) is 0 Å². The quantitative estimate of drug-likeness (QED) is 0.799. The molecule has 0 bridgehead atoms. The van der Waals surface area contributed by atoms with E-state index in [1.807, 2.05) is 5.38 Å². The SMILES string of the molecule is CCc1[nH]nc(-c2ccsc2)c1CCl. The molecule has 0 saturated carbocycles. The Morgan fingerprint density at radius 3 is 3.00 bits per heavy atom. The molecule has 1 N–H and O–H groups in total. The Balaban J connectivity index is 2.48. The standard InChI is InChI=1S/C10H11ClN2S/c1-2-9-8(5-11)10(13-12-9)7-3-4-14-6-7/h3-4,6H,2,5H2,1H3,(H,12,13). The molecule has 14 heavy (non-hydrogen) atoms. The van der Waals surface area contributed by atoms with Gasteiger partial charge in [-0.2, -0.15) is 16.4 Å². The van der Waals surface area contributed by atoms with Crippen LogP contribution in [0.25, 0.3) is 11.3 Å². The second kappa shape index (κ2) is 4.15. The fourth-order valence-corrected chi connectivity index (χ4v) is 2.40. The summed E-state index contributed by atoms with van der Waals surface area (Å²) in [5.74, 6) is 0.519. The molecule has 0 aliphatic heterocycles. The molecule has 2 aromatic heterocycles. The smallest absolute Gasteiger partial charge is 0.0976 e. The van der Waals surface area contributed by atoms with Gasteiger partial charge in [-0.1, -0.05) is 6.92 Å². The molecule has 0 unspecified atom stereocenters. The molecule has 0 radical (unpaired) electrons. The second-order valence-corrected chi connectivity index (χ2v) is 4.08. The van der Waals surface area contributed by atoms with Crippen molar-refractivity contribution in [3.05, 3.63) is 28.1 Å². The van der Waals surface area contributed by atoms with Gasteiger partial charge in [0.05, 0.1) is 11.6 Å². The van der Waals surface area contributed by atoms with Gasteiger partial charge in [0.25, 0.3) is 0 Å². The highest BCUT2D eigenvalue weighted by molar-refractivity contribution is 7.08. The molecule has 0 spiro atoms. The van der Waals surface area contributed by atoms with Gasteiger partial charge < -0.3 is 0 Å². The van der Waals surface area contributed by atoms with Crippen LogP contribution in [-0.2, 0) is 12.3 Å². The van der Waals surface area contributed by atoms with Gasteiger partial charge >= 0.3 is 0 Å². The third kappa shape index (κ3) is 1.57. The predicted octanol–water partition coefficient (Wildman–Crippen LogP) is 3.44. The Morgan fingerprint density at radius 1 is 1.57 bits per heavy atom. The number of aromatic nitrogens is 2. The summed E-state index contributed by atoms with van der Waals surface area (Å²) in [6.07, 6.45) is 0.944. The number of hydrogen-bond donors (Lipinski definition) is 1. The van der Waals surface area contributed by atoms with Crippen LogP contribution < -0.4 is 0 Å². The summed E-state index contributed by atoms with van der Waals surface area (Å²) in [5, 5.41) is 11.5. The molecule has 0 aliphatic rings. The van der Waals surface area contributed by atoms with Crippen molar-refractivity contribution in [1.82, 2.24) is 10.2 Å². The minimum Gasteiger partial charge on any atom is -0.282 e. The normalized spacial score (nSPS) is 10.7. The Kier molecular flexibility index (Phi) is 2.89. The molecule has 2 nitrogen and oxygen atoms in total. The number of halogens is 1. The number of nitrogens with zero attached hydrogens (tertiary/aromatic N) is 1. The van der Waals surface area contributed by atoms with Crippen LogP contribution >= 0.6 is 22.9 Å². The highest BCUT2D eigenvalue weighted by Crippen LogP contribution is 2.27. The van der Waals surface area contributed by atoms with Gasteiger partial charge in [0.15, 0.2) is 0 Å². The maximum Gasteiger partial charge on any atom is 0.0976 e. The van der Waals surface area contributed by atoms with Gasteiger partial charge in [0.1, 0.15) is 0 Å². The van der Waals surface area contributed by atoms with Crippen LogP contribution in [0.5, 0.6) is 0 Å². The Bertz CT molecular complexity index is 406. The van der Waals surface area contributed by atoms with E-state index in [0.717, 1.165) is 28.9 Å². The Hall–Kier alpha value is -0.800. The molecule has 4 heteroatoms. The van der Waals surface area contributed by atoms with Crippen molar-refractivity contribution in [3.8, 4) is 11.3 Å². The molecule has 2 rings (SSSR count). The van der Waals surface area contributed by atoms with Gasteiger partial charge in [0, 0.05) is 22.2 Å². The molecular weight excluding hydrogens is 216 g/mol. The van der Waals surface area contributed by atoms with Crippen molar-refractivity contribution in [3.63, 3.8) is 0 Å². The number of H-pyrrole nitrogens is 1. The number of aryl methyl sites for hydroxylation is 1. The number of rotatable bonds is 3.